The number of hydrogen-bond donors (Lipinski definition) is 0. The van der Waals surface area contributed by atoms with Crippen LogP contribution in [0, 0.1) is 0 Å². The highest BCUT2D eigenvalue weighted by atomic mass is 16.6. The number of esters is 2. The lowest BCUT2D eigenvalue weighted by atomic mass is 10.1. The van der Waals surface area contributed by atoms with E-state index in [2.05, 4.69) is 0 Å². The second-order valence-electron chi connectivity index (χ2n) is 7.74. The van der Waals surface area contributed by atoms with Crippen LogP contribution in [0.2, 0.25) is 0 Å². The molecule has 0 aliphatic rings. The van der Waals surface area contributed by atoms with Gasteiger partial charge in [-0.1, -0.05) is 18.2 Å². The smallest absolute Gasteiger partial charge is 0.338 e. The van der Waals surface area contributed by atoms with Crippen molar-refractivity contribution < 1.29 is 19.1 Å². The molecule has 1 aromatic heterocycles. The third kappa shape index (κ3) is 4.71. The molecule has 0 aliphatic heterocycles. The highest BCUT2D eigenvalue weighted by Crippen LogP contribution is 2.15. The fourth-order valence-corrected chi connectivity index (χ4v) is 2.93. The lowest BCUT2D eigenvalue weighted by Crippen LogP contribution is -2.24. The van der Waals surface area contributed by atoms with Crippen LogP contribution in [0.5, 0.6) is 0 Å². The van der Waals surface area contributed by atoms with Gasteiger partial charge in [-0.05, 0) is 62.1 Å². The van der Waals surface area contributed by atoms with Crippen molar-refractivity contribution in [3.05, 3.63) is 81.8 Å². The Morgan fingerprint density at radius 2 is 1.59 bits per heavy atom. The number of pyridine rings is 1. The third-order valence-electron chi connectivity index (χ3n) is 4.34. The Morgan fingerprint density at radius 1 is 0.931 bits per heavy atom. The molecule has 1 heterocycles. The number of methoxy groups -OCH3 is 1. The van der Waals surface area contributed by atoms with Gasteiger partial charge in [-0.15, -0.1) is 0 Å². The summed E-state index contributed by atoms with van der Waals surface area (Å²) < 4.78 is 11.6. The molecule has 6 nitrogen and oxygen atoms in total. The van der Waals surface area contributed by atoms with Crippen molar-refractivity contribution in [2.45, 2.75) is 32.9 Å². The number of carbonyl (C=O) groups is 2. The van der Waals surface area contributed by atoms with E-state index in [1.807, 2.05) is 26.8 Å². The van der Waals surface area contributed by atoms with E-state index in [0.29, 0.717) is 23.1 Å². The molecule has 2 aromatic carbocycles. The van der Waals surface area contributed by atoms with Gasteiger partial charge in [0.1, 0.15) is 5.60 Å². The summed E-state index contributed by atoms with van der Waals surface area (Å²) in [5.74, 6) is -0.873. The van der Waals surface area contributed by atoms with Crippen molar-refractivity contribution >= 4 is 22.7 Å². The second kappa shape index (κ2) is 7.91. The monoisotopic (exact) mass is 393 g/mol. The van der Waals surface area contributed by atoms with Crippen molar-refractivity contribution in [1.82, 2.24) is 4.57 Å². The molecule has 0 radical (unpaired) electrons. The first-order valence-corrected chi connectivity index (χ1v) is 9.22. The predicted molar refractivity (Wildman–Crippen MR) is 110 cm³/mol. The van der Waals surface area contributed by atoms with E-state index in [4.69, 9.17) is 9.47 Å². The minimum atomic E-state index is -0.558. The van der Waals surface area contributed by atoms with Crippen LogP contribution >= 0.6 is 0 Å². The van der Waals surface area contributed by atoms with Crippen molar-refractivity contribution in [1.29, 1.82) is 0 Å². The zero-order valence-corrected chi connectivity index (χ0v) is 16.9. The predicted octanol–water partition coefficient (Wildman–Crippen LogP) is 3.79. The van der Waals surface area contributed by atoms with Crippen molar-refractivity contribution in [3.8, 4) is 0 Å². The van der Waals surface area contributed by atoms with Crippen LogP contribution in [0.15, 0.2) is 59.5 Å². The maximum atomic E-state index is 12.9. The molecule has 0 spiro atoms. The molecule has 29 heavy (non-hydrogen) atoms. The van der Waals surface area contributed by atoms with E-state index in [-0.39, 0.29) is 11.5 Å². The highest BCUT2D eigenvalue weighted by Gasteiger charge is 2.17. The summed E-state index contributed by atoms with van der Waals surface area (Å²) >= 11 is 0. The van der Waals surface area contributed by atoms with Crippen LogP contribution in [0.3, 0.4) is 0 Å². The third-order valence-corrected chi connectivity index (χ3v) is 4.34. The maximum Gasteiger partial charge on any atom is 0.338 e. The van der Waals surface area contributed by atoms with Crippen LogP contribution in [0.1, 0.15) is 47.1 Å². The number of aromatic nitrogens is 1. The topological polar surface area (TPSA) is 74.6 Å². The molecule has 0 N–H and O–H groups in total. The molecule has 150 valence electrons. The Labute approximate surface area is 168 Å². The van der Waals surface area contributed by atoms with E-state index < -0.39 is 11.6 Å². The summed E-state index contributed by atoms with van der Waals surface area (Å²) in [6.45, 7) is 5.79. The molecule has 0 saturated heterocycles. The van der Waals surface area contributed by atoms with Gasteiger partial charge in [0.2, 0.25) is 0 Å². The van der Waals surface area contributed by atoms with Gasteiger partial charge in [-0.3, -0.25) is 4.79 Å². The first kappa shape index (κ1) is 20.3. The van der Waals surface area contributed by atoms with Crippen LogP contribution in [-0.2, 0) is 16.0 Å². The molecule has 6 heteroatoms. The summed E-state index contributed by atoms with van der Waals surface area (Å²) in [6, 6.07) is 13.7. The van der Waals surface area contributed by atoms with Gasteiger partial charge in [0.15, 0.2) is 0 Å². The molecule has 3 aromatic rings. The van der Waals surface area contributed by atoms with E-state index in [0.717, 1.165) is 10.9 Å². The van der Waals surface area contributed by atoms with Crippen LogP contribution in [0.4, 0.5) is 0 Å². The normalized spacial score (nSPS) is 11.3. The number of nitrogens with zero attached hydrogens (tertiary/aromatic N) is 1. The van der Waals surface area contributed by atoms with Crippen LogP contribution < -0.4 is 5.56 Å². The zero-order chi connectivity index (χ0) is 21.2. The lowest BCUT2D eigenvalue weighted by molar-refractivity contribution is 0.00693. The molecule has 0 bridgehead atoms. The largest absolute Gasteiger partial charge is 0.465 e. The van der Waals surface area contributed by atoms with Gasteiger partial charge in [-0.25, -0.2) is 9.59 Å². The Balaban J connectivity index is 1.86. The zero-order valence-electron chi connectivity index (χ0n) is 16.9. The van der Waals surface area contributed by atoms with Gasteiger partial charge in [0.05, 0.1) is 24.8 Å². The molecule has 0 amide bonds. The molecule has 0 atom stereocenters. The van der Waals surface area contributed by atoms with E-state index in [1.165, 1.54) is 7.11 Å². The minimum absolute atomic E-state index is 0.204. The summed E-state index contributed by atoms with van der Waals surface area (Å²) in [5.41, 5.74) is 0.887. The molecular formula is C23H23NO5. The van der Waals surface area contributed by atoms with Gasteiger partial charge in [-0.2, -0.15) is 0 Å². The fourth-order valence-electron chi connectivity index (χ4n) is 2.93. The number of ether oxygens (including phenoxy) is 2. The van der Waals surface area contributed by atoms with Gasteiger partial charge in [0, 0.05) is 11.6 Å². The summed E-state index contributed by atoms with van der Waals surface area (Å²) in [4.78, 5) is 36.7. The first-order chi connectivity index (χ1) is 13.7. The number of benzene rings is 2. The van der Waals surface area contributed by atoms with Crippen molar-refractivity contribution in [3.63, 3.8) is 0 Å². The minimum Gasteiger partial charge on any atom is -0.465 e. The van der Waals surface area contributed by atoms with Crippen molar-refractivity contribution in [2.24, 2.45) is 0 Å². The number of rotatable bonds is 4. The molecule has 0 saturated carbocycles. The Bertz CT molecular complexity index is 1120. The maximum absolute atomic E-state index is 12.9. The summed E-state index contributed by atoms with van der Waals surface area (Å²) in [6.07, 6.45) is 1.71. The summed E-state index contributed by atoms with van der Waals surface area (Å²) in [5, 5.41) is 1.19. The quantitative estimate of drug-likeness (QED) is 0.631. The Kier molecular flexibility index (Phi) is 5.55. The average Bonchev–Trinajstić information content (AvgIpc) is 2.68. The summed E-state index contributed by atoms with van der Waals surface area (Å²) in [7, 11) is 1.30. The van der Waals surface area contributed by atoms with Gasteiger partial charge in [0.25, 0.3) is 5.56 Å². The number of hydrogen-bond acceptors (Lipinski definition) is 5. The number of fused-ring (bicyclic) bond motifs is 1. The number of carbonyl (C=O) groups excluding carboxylic acids is 2. The van der Waals surface area contributed by atoms with Crippen LogP contribution in [-0.4, -0.2) is 29.2 Å². The average molecular weight is 393 g/mol. The Morgan fingerprint density at radius 3 is 2.21 bits per heavy atom. The van der Waals surface area contributed by atoms with E-state index in [1.54, 1.807) is 53.2 Å². The molecule has 0 aliphatic carbocycles. The lowest BCUT2D eigenvalue weighted by Gasteiger charge is -2.19. The highest BCUT2D eigenvalue weighted by molar-refractivity contribution is 5.95. The second-order valence-corrected chi connectivity index (χ2v) is 7.74. The Hall–Kier alpha value is -3.41. The van der Waals surface area contributed by atoms with E-state index in [9.17, 15) is 14.4 Å². The van der Waals surface area contributed by atoms with Gasteiger partial charge >= 0.3 is 11.9 Å². The van der Waals surface area contributed by atoms with Crippen LogP contribution in [0.25, 0.3) is 10.8 Å². The van der Waals surface area contributed by atoms with Crippen molar-refractivity contribution in [2.75, 3.05) is 7.11 Å². The molecular weight excluding hydrogens is 370 g/mol. The fraction of sp³-hybridized carbons (Fsp3) is 0.261. The molecule has 0 fully saturated rings. The van der Waals surface area contributed by atoms with Gasteiger partial charge < -0.3 is 14.0 Å². The van der Waals surface area contributed by atoms with E-state index >= 15 is 0 Å². The standard InChI is InChI=1S/C23H23NO5/c1-23(2,3)29-22(27)17-7-5-15(6-8-17)14-24-12-11-16-9-10-18(21(26)28-4)13-19(16)20(24)25/h5-13H,14H2,1-4H3. The SMILES string of the molecule is COC(=O)c1ccc2ccn(Cc3ccc(C(=O)OC(C)(C)C)cc3)c(=O)c2c1. The molecule has 3 rings (SSSR count). The molecule has 0 unspecified atom stereocenters. The first-order valence-electron chi connectivity index (χ1n) is 9.22.